The fourth-order valence-electron chi connectivity index (χ4n) is 8.25. The summed E-state index contributed by atoms with van der Waals surface area (Å²) in [5.74, 6) is 1.80. The summed E-state index contributed by atoms with van der Waals surface area (Å²) in [6, 6.07) is 67.7. The van der Waals surface area contributed by atoms with Crippen molar-refractivity contribution in [3.63, 3.8) is 0 Å². The first-order valence-corrected chi connectivity index (χ1v) is 16.9. The molecule has 10 rings (SSSR count). The van der Waals surface area contributed by atoms with Crippen LogP contribution < -0.4 is 9.64 Å². The van der Waals surface area contributed by atoms with Gasteiger partial charge in [0.25, 0.3) is 0 Å². The van der Waals surface area contributed by atoms with Gasteiger partial charge < -0.3 is 9.64 Å². The van der Waals surface area contributed by atoms with E-state index in [1.54, 1.807) is 0 Å². The molecule has 2 heteroatoms. The van der Waals surface area contributed by atoms with Crippen molar-refractivity contribution in [1.29, 1.82) is 0 Å². The molecule has 1 aliphatic carbocycles. The van der Waals surface area contributed by atoms with Crippen molar-refractivity contribution in [2.24, 2.45) is 0 Å². The lowest BCUT2D eigenvalue weighted by Gasteiger charge is -2.39. The van der Waals surface area contributed by atoms with E-state index in [0.717, 1.165) is 39.7 Å². The Kier molecular flexibility index (Phi) is 6.13. The van der Waals surface area contributed by atoms with E-state index in [2.05, 4.69) is 193 Å². The molecule has 0 saturated heterocycles. The fraction of sp³-hybridized carbons (Fsp3) is 0.0213. The van der Waals surface area contributed by atoms with Crippen molar-refractivity contribution in [3.05, 3.63) is 210 Å². The van der Waals surface area contributed by atoms with Gasteiger partial charge in [-0.25, -0.2) is 0 Å². The lowest BCUT2D eigenvalue weighted by atomic mass is 9.66. The largest absolute Gasteiger partial charge is 0.457 e. The molecule has 0 bridgehead atoms. The van der Waals surface area contributed by atoms with Crippen LogP contribution in [0.1, 0.15) is 22.3 Å². The van der Waals surface area contributed by atoms with Gasteiger partial charge in [0, 0.05) is 27.9 Å². The zero-order chi connectivity index (χ0) is 32.4. The summed E-state index contributed by atoms with van der Waals surface area (Å²) in [7, 11) is 0. The highest BCUT2D eigenvalue weighted by Crippen LogP contribution is 2.62. The smallest absolute Gasteiger partial charge is 0.132 e. The van der Waals surface area contributed by atoms with E-state index in [9.17, 15) is 0 Å². The molecule has 8 aromatic rings. The van der Waals surface area contributed by atoms with E-state index < -0.39 is 5.41 Å². The zero-order valence-electron chi connectivity index (χ0n) is 26.8. The number of ether oxygens (including phenoxy) is 1. The number of fused-ring (bicyclic) bond motifs is 10. The van der Waals surface area contributed by atoms with Gasteiger partial charge in [0.15, 0.2) is 0 Å². The van der Waals surface area contributed by atoms with Gasteiger partial charge >= 0.3 is 0 Å². The van der Waals surface area contributed by atoms with Gasteiger partial charge in [-0.1, -0.05) is 146 Å². The molecule has 2 aliphatic rings. The second-order valence-corrected chi connectivity index (χ2v) is 12.9. The summed E-state index contributed by atoms with van der Waals surface area (Å²) in [5, 5.41) is 2.44. The van der Waals surface area contributed by atoms with Crippen LogP contribution in [0.2, 0.25) is 0 Å². The molecule has 0 radical (unpaired) electrons. The summed E-state index contributed by atoms with van der Waals surface area (Å²) in [6.45, 7) is 0. The monoisotopic (exact) mass is 625 g/mol. The van der Waals surface area contributed by atoms with Gasteiger partial charge in [0.1, 0.15) is 11.5 Å². The molecule has 0 unspecified atom stereocenters. The van der Waals surface area contributed by atoms with E-state index >= 15 is 0 Å². The third-order valence-corrected chi connectivity index (χ3v) is 10.3. The molecule has 1 aliphatic heterocycles. The molecule has 0 atom stereocenters. The number of anilines is 3. The van der Waals surface area contributed by atoms with Crippen molar-refractivity contribution in [3.8, 4) is 33.8 Å². The molecule has 0 N–H and O–H groups in total. The van der Waals surface area contributed by atoms with Gasteiger partial charge in [-0.2, -0.15) is 0 Å². The second-order valence-electron chi connectivity index (χ2n) is 12.9. The van der Waals surface area contributed by atoms with Crippen LogP contribution in [-0.4, -0.2) is 0 Å². The van der Waals surface area contributed by atoms with Crippen molar-refractivity contribution in [1.82, 2.24) is 0 Å². The molecule has 0 fully saturated rings. The first kappa shape index (κ1) is 27.7. The predicted octanol–water partition coefficient (Wildman–Crippen LogP) is 12.4. The highest BCUT2D eigenvalue weighted by Gasteiger charge is 2.50. The van der Waals surface area contributed by atoms with Crippen LogP contribution in [0.3, 0.4) is 0 Å². The maximum atomic E-state index is 6.77. The van der Waals surface area contributed by atoms with Crippen molar-refractivity contribution >= 4 is 27.8 Å². The molecule has 1 spiro atoms. The van der Waals surface area contributed by atoms with Crippen molar-refractivity contribution in [2.45, 2.75) is 5.41 Å². The normalized spacial score (nSPS) is 13.2. The Morgan fingerprint density at radius 3 is 1.73 bits per heavy atom. The SMILES string of the molecule is c1ccc(N(c2ccc(-c3ccc4c(c3)Oc3ccccc3C43c4ccccc4-c4ccccc43)cc2)c2cccc3ccccc23)cc1. The van der Waals surface area contributed by atoms with Gasteiger partial charge in [-0.3, -0.25) is 0 Å². The third kappa shape index (κ3) is 4.07. The molecule has 2 nitrogen and oxygen atoms in total. The lowest BCUT2D eigenvalue weighted by molar-refractivity contribution is 0.436. The maximum Gasteiger partial charge on any atom is 0.132 e. The Balaban J connectivity index is 1.10. The van der Waals surface area contributed by atoms with Crippen LogP contribution in [0.25, 0.3) is 33.0 Å². The molecule has 49 heavy (non-hydrogen) atoms. The van der Waals surface area contributed by atoms with Crippen LogP contribution in [-0.2, 0) is 5.41 Å². The summed E-state index contributed by atoms with van der Waals surface area (Å²) in [6.07, 6.45) is 0. The predicted molar refractivity (Wildman–Crippen MR) is 201 cm³/mol. The number of rotatable bonds is 4. The number of nitrogens with zero attached hydrogens (tertiary/aromatic N) is 1. The quantitative estimate of drug-likeness (QED) is 0.193. The number of hydrogen-bond donors (Lipinski definition) is 0. The fourth-order valence-corrected chi connectivity index (χ4v) is 8.25. The molecule has 230 valence electrons. The van der Waals surface area contributed by atoms with Crippen LogP contribution in [0.15, 0.2) is 188 Å². The standard InChI is InChI=1S/C47H31NO/c1-2-15-35(16-3-1)48(44-23-12-14-33-13-4-5-17-37(33)44)36-28-25-32(26-29-36)34-27-30-43-46(31-34)49-45-24-11-10-22-42(45)47(43)40-20-8-6-18-38(40)39-19-7-9-21-41(39)47/h1-31H. The van der Waals surface area contributed by atoms with Crippen LogP contribution >= 0.6 is 0 Å². The summed E-state index contributed by atoms with van der Waals surface area (Å²) in [5.41, 5.74) is 12.7. The average molecular weight is 626 g/mol. The zero-order valence-corrected chi connectivity index (χ0v) is 26.8. The first-order valence-electron chi connectivity index (χ1n) is 16.9. The minimum absolute atomic E-state index is 0.450. The molecule has 1 heterocycles. The van der Waals surface area contributed by atoms with E-state index in [1.807, 2.05) is 0 Å². The molecule has 0 amide bonds. The van der Waals surface area contributed by atoms with E-state index in [0.29, 0.717) is 0 Å². The molecule has 8 aromatic carbocycles. The van der Waals surface area contributed by atoms with E-state index in [4.69, 9.17) is 4.74 Å². The van der Waals surface area contributed by atoms with E-state index in [-0.39, 0.29) is 0 Å². The molecule has 0 saturated carbocycles. The Hall–Kier alpha value is -6.38. The summed E-state index contributed by atoms with van der Waals surface area (Å²) < 4.78 is 6.77. The lowest BCUT2D eigenvalue weighted by Crippen LogP contribution is -2.32. The minimum Gasteiger partial charge on any atom is -0.457 e. The van der Waals surface area contributed by atoms with Crippen LogP contribution in [0.5, 0.6) is 11.5 Å². The number of para-hydroxylation sites is 2. The Labute approximate surface area is 286 Å². The summed E-state index contributed by atoms with van der Waals surface area (Å²) in [4.78, 5) is 2.34. The third-order valence-electron chi connectivity index (χ3n) is 10.3. The van der Waals surface area contributed by atoms with Crippen LogP contribution in [0, 0.1) is 0 Å². The van der Waals surface area contributed by atoms with Crippen molar-refractivity contribution in [2.75, 3.05) is 4.90 Å². The second kappa shape index (κ2) is 10.8. The topological polar surface area (TPSA) is 12.5 Å². The van der Waals surface area contributed by atoms with Gasteiger partial charge in [-0.15, -0.1) is 0 Å². The molecular weight excluding hydrogens is 595 g/mol. The molecular formula is C47H31NO. The first-order chi connectivity index (χ1) is 24.3. The summed E-state index contributed by atoms with van der Waals surface area (Å²) >= 11 is 0. The number of hydrogen-bond acceptors (Lipinski definition) is 2. The number of benzene rings is 8. The van der Waals surface area contributed by atoms with E-state index in [1.165, 1.54) is 44.2 Å². The Morgan fingerprint density at radius 2 is 0.959 bits per heavy atom. The highest BCUT2D eigenvalue weighted by atomic mass is 16.5. The van der Waals surface area contributed by atoms with Gasteiger partial charge in [0.05, 0.1) is 11.1 Å². The Bertz CT molecular complexity index is 2480. The Morgan fingerprint density at radius 1 is 0.388 bits per heavy atom. The molecule has 0 aromatic heterocycles. The average Bonchev–Trinajstić information content (AvgIpc) is 3.46. The highest BCUT2D eigenvalue weighted by molar-refractivity contribution is 5.99. The van der Waals surface area contributed by atoms with Crippen molar-refractivity contribution < 1.29 is 4.74 Å². The maximum absolute atomic E-state index is 6.77. The van der Waals surface area contributed by atoms with Gasteiger partial charge in [0.2, 0.25) is 0 Å². The van der Waals surface area contributed by atoms with Gasteiger partial charge in [-0.05, 0) is 81.2 Å². The van der Waals surface area contributed by atoms with Crippen LogP contribution in [0.4, 0.5) is 17.1 Å². The minimum atomic E-state index is -0.450.